The van der Waals surface area contributed by atoms with Gasteiger partial charge in [-0.2, -0.15) is 0 Å². The van der Waals surface area contributed by atoms with Crippen LogP contribution in [-0.2, 0) is 23.0 Å². The third kappa shape index (κ3) is 2.53. The topological polar surface area (TPSA) is 79.2 Å². The lowest BCUT2D eigenvalue weighted by Crippen LogP contribution is -2.27. The van der Waals surface area contributed by atoms with Crippen molar-refractivity contribution >= 4 is 20.9 Å². The molecule has 1 aromatic heterocycles. The third-order valence-electron chi connectivity index (χ3n) is 4.74. The molecule has 2 aromatic carbocycles. The molecule has 0 fully saturated rings. The minimum Gasteiger partial charge on any atom is -0.361 e. The molecule has 0 saturated heterocycles. The first kappa shape index (κ1) is 15.4. The lowest BCUT2D eigenvalue weighted by molar-refractivity contribution is 0.314. The number of sulfonamides is 1. The van der Waals surface area contributed by atoms with Crippen LogP contribution in [0.4, 0.5) is 0 Å². The highest BCUT2D eigenvalue weighted by atomic mass is 32.2. The van der Waals surface area contributed by atoms with Crippen molar-refractivity contribution in [3.05, 3.63) is 53.7 Å². The standard InChI is InChI=1S/C18H19N3O2S/c1-21-9-7-15-16(10-13-6-8-20-18(13)17(15)11-21)12-2-4-14(5-3-12)24(19,22)23/h2-6,8,10,20H,7,9,11H2,1H3,(H2,19,22,23). The normalized spacial score (nSPS) is 15.6. The molecule has 4 rings (SSSR count). The SMILES string of the molecule is CN1CCc2c(-c3ccc(S(N)(=O)=O)cc3)cc3cc[nH]c3c2C1. The molecule has 3 N–H and O–H groups in total. The van der Waals surface area contributed by atoms with Crippen molar-refractivity contribution in [2.24, 2.45) is 5.14 Å². The predicted octanol–water partition coefficient (Wildman–Crippen LogP) is 2.47. The first-order valence-electron chi connectivity index (χ1n) is 7.87. The zero-order chi connectivity index (χ0) is 16.9. The van der Waals surface area contributed by atoms with Crippen molar-refractivity contribution in [2.75, 3.05) is 13.6 Å². The Kier molecular flexibility index (Phi) is 3.49. The van der Waals surface area contributed by atoms with Crippen LogP contribution in [0.3, 0.4) is 0 Å². The summed E-state index contributed by atoms with van der Waals surface area (Å²) in [7, 11) is -1.53. The minimum atomic E-state index is -3.66. The second kappa shape index (κ2) is 5.44. The molecule has 124 valence electrons. The van der Waals surface area contributed by atoms with E-state index in [0.717, 1.165) is 25.1 Å². The molecule has 0 saturated carbocycles. The fraction of sp³-hybridized carbons (Fsp3) is 0.222. The third-order valence-corrected chi connectivity index (χ3v) is 5.66. The average Bonchev–Trinajstić information content (AvgIpc) is 3.02. The number of nitrogens with zero attached hydrogens (tertiary/aromatic N) is 1. The van der Waals surface area contributed by atoms with Crippen molar-refractivity contribution in [2.45, 2.75) is 17.9 Å². The number of likely N-dealkylation sites (N-methyl/N-ethyl adjacent to an activating group) is 1. The van der Waals surface area contributed by atoms with Gasteiger partial charge in [0.05, 0.1) is 10.4 Å². The van der Waals surface area contributed by atoms with Gasteiger partial charge in [0.1, 0.15) is 0 Å². The smallest absolute Gasteiger partial charge is 0.238 e. The van der Waals surface area contributed by atoms with Crippen molar-refractivity contribution in [3.8, 4) is 11.1 Å². The molecule has 0 amide bonds. The molecular weight excluding hydrogens is 322 g/mol. The summed E-state index contributed by atoms with van der Waals surface area (Å²) >= 11 is 0. The van der Waals surface area contributed by atoms with Crippen LogP contribution in [0.2, 0.25) is 0 Å². The maximum atomic E-state index is 11.5. The van der Waals surface area contributed by atoms with Crippen LogP contribution in [0.15, 0.2) is 47.5 Å². The van der Waals surface area contributed by atoms with Gasteiger partial charge >= 0.3 is 0 Å². The van der Waals surface area contributed by atoms with Crippen molar-refractivity contribution in [1.82, 2.24) is 9.88 Å². The summed E-state index contributed by atoms with van der Waals surface area (Å²) in [6, 6.07) is 11.1. The van der Waals surface area contributed by atoms with E-state index in [2.05, 4.69) is 29.1 Å². The van der Waals surface area contributed by atoms with E-state index < -0.39 is 10.0 Å². The van der Waals surface area contributed by atoms with E-state index in [1.807, 2.05) is 18.3 Å². The summed E-state index contributed by atoms with van der Waals surface area (Å²) in [5.41, 5.74) is 6.06. The fourth-order valence-electron chi connectivity index (χ4n) is 3.51. The molecule has 0 atom stereocenters. The number of primary sulfonamides is 1. The second-order valence-corrected chi connectivity index (χ2v) is 7.94. The van der Waals surface area contributed by atoms with Crippen LogP contribution >= 0.6 is 0 Å². The van der Waals surface area contributed by atoms with E-state index in [9.17, 15) is 8.42 Å². The first-order valence-corrected chi connectivity index (χ1v) is 9.42. The molecule has 0 bridgehead atoms. The maximum absolute atomic E-state index is 11.5. The van der Waals surface area contributed by atoms with Crippen LogP contribution in [0, 0.1) is 0 Å². The highest BCUT2D eigenvalue weighted by Gasteiger charge is 2.21. The van der Waals surface area contributed by atoms with Gasteiger partial charge < -0.3 is 9.88 Å². The minimum absolute atomic E-state index is 0.141. The van der Waals surface area contributed by atoms with Gasteiger partial charge in [0.25, 0.3) is 0 Å². The highest BCUT2D eigenvalue weighted by molar-refractivity contribution is 7.89. The summed E-state index contributed by atoms with van der Waals surface area (Å²) in [4.78, 5) is 5.81. The van der Waals surface area contributed by atoms with Gasteiger partial charge in [-0.1, -0.05) is 12.1 Å². The molecule has 3 aromatic rings. The molecule has 2 heterocycles. The van der Waals surface area contributed by atoms with E-state index >= 15 is 0 Å². The van der Waals surface area contributed by atoms with E-state index in [-0.39, 0.29) is 4.90 Å². The number of hydrogen-bond donors (Lipinski definition) is 2. The Balaban J connectivity index is 1.91. The van der Waals surface area contributed by atoms with Crippen LogP contribution in [0.25, 0.3) is 22.0 Å². The van der Waals surface area contributed by atoms with Crippen LogP contribution in [0.1, 0.15) is 11.1 Å². The average molecular weight is 341 g/mol. The number of rotatable bonds is 2. The Labute approximate surface area is 141 Å². The summed E-state index contributed by atoms with van der Waals surface area (Å²) in [5, 5.41) is 6.37. The quantitative estimate of drug-likeness (QED) is 0.751. The van der Waals surface area contributed by atoms with Gasteiger partial charge in [0, 0.05) is 24.7 Å². The number of aromatic nitrogens is 1. The monoisotopic (exact) mass is 341 g/mol. The molecule has 0 radical (unpaired) electrons. The van der Waals surface area contributed by atoms with Crippen LogP contribution < -0.4 is 5.14 Å². The number of benzene rings is 2. The van der Waals surface area contributed by atoms with E-state index in [1.165, 1.54) is 27.6 Å². The molecule has 1 aliphatic rings. The van der Waals surface area contributed by atoms with Gasteiger partial charge in [-0.25, -0.2) is 13.6 Å². The Morgan fingerprint density at radius 3 is 2.58 bits per heavy atom. The molecular formula is C18H19N3O2S. The number of nitrogens with two attached hydrogens (primary N) is 1. The largest absolute Gasteiger partial charge is 0.361 e. The zero-order valence-corrected chi connectivity index (χ0v) is 14.2. The van der Waals surface area contributed by atoms with Gasteiger partial charge in [0.2, 0.25) is 10.0 Å². The number of hydrogen-bond acceptors (Lipinski definition) is 3. The van der Waals surface area contributed by atoms with Crippen molar-refractivity contribution in [3.63, 3.8) is 0 Å². The first-order chi connectivity index (χ1) is 11.4. The molecule has 24 heavy (non-hydrogen) atoms. The second-order valence-electron chi connectivity index (χ2n) is 6.38. The van der Waals surface area contributed by atoms with Gasteiger partial charge in [0.15, 0.2) is 0 Å². The zero-order valence-electron chi connectivity index (χ0n) is 13.4. The fourth-order valence-corrected chi connectivity index (χ4v) is 4.03. The molecule has 0 spiro atoms. The van der Waals surface area contributed by atoms with E-state index in [0.29, 0.717) is 0 Å². The van der Waals surface area contributed by atoms with Gasteiger partial charge in [-0.05, 0) is 60.0 Å². The Morgan fingerprint density at radius 1 is 1.12 bits per heavy atom. The van der Waals surface area contributed by atoms with Crippen LogP contribution in [0.5, 0.6) is 0 Å². The predicted molar refractivity (Wildman–Crippen MR) is 95.1 cm³/mol. The van der Waals surface area contributed by atoms with Gasteiger partial charge in [-0.3, -0.25) is 0 Å². The Hall–Kier alpha value is -2.15. The highest BCUT2D eigenvalue weighted by Crippen LogP contribution is 2.35. The molecule has 0 unspecified atom stereocenters. The van der Waals surface area contributed by atoms with Crippen molar-refractivity contribution in [1.29, 1.82) is 0 Å². The summed E-state index contributed by atoms with van der Waals surface area (Å²) in [6.45, 7) is 1.93. The van der Waals surface area contributed by atoms with Crippen LogP contribution in [-0.4, -0.2) is 31.9 Å². The summed E-state index contributed by atoms with van der Waals surface area (Å²) < 4.78 is 22.9. The lowest BCUT2D eigenvalue weighted by Gasteiger charge is -2.27. The Bertz CT molecular complexity index is 1020. The molecule has 6 heteroatoms. The van der Waals surface area contributed by atoms with E-state index in [4.69, 9.17) is 5.14 Å². The van der Waals surface area contributed by atoms with Crippen molar-refractivity contribution < 1.29 is 8.42 Å². The van der Waals surface area contributed by atoms with E-state index in [1.54, 1.807) is 12.1 Å². The molecule has 1 aliphatic heterocycles. The summed E-state index contributed by atoms with van der Waals surface area (Å²) in [6.07, 6.45) is 2.94. The number of fused-ring (bicyclic) bond motifs is 3. The molecule has 0 aliphatic carbocycles. The number of nitrogens with one attached hydrogen (secondary N) is 1. The number of H-pyrrole nitrogens is 1. The maximum Gasteiger partial charge on any atom is 0.238 e. The summed E-state index contributed by atoms with van der Waals surface area (Å²) in [5.74, 6) is 0. The lowest BCUT2D eigenvalue weighted by atomic mass is 9.89. The number of aromatic amines is 1. The molecule has 5 nitrogen and oxygen atoms in total. The van der Waals surface area contributed by atoms with Gasteiger partial charge in [-0.15, -0.1) is 0 Å². The Morgan fingerprint density at radius 2 is 1.88 bits per heavy atom.